The zero-order valence-electron chi connectivity index (χ0n) is 12.5. The Bertz CT molecular complexity index is 748. The van der Waals surface area contributed by atoms with Gasteiger partial charge >= 0.3 is 11.9 Å². The lowest BCUT2D eigenvalue weighted by atomic mass is 10.3. The van der Waals surface area contributed by atoms with Gasteiger partial charge < -0.3 is 15.2 Å². The summed E-state index contributed by atoms with van der Waals surface area (Å²) >= 11 is 0. The maximum atomic E-state index is 12.3. The van der Waals surface area contributed by atoms with Crippen molar-refractivity contribution in [3.05, 3.63) is 29.7 Å². The van der Waals surface area contributed by atoms with E-state index in [1.807, 2.05) is 0 Å². The summed E-state index contributed by atoms with van der Waals surface area (Å²) in [4.78, 5) is 34.9. The fourth-order valence-corrected chi connectivity index (χ4v) is 1.90. The Morgan fingerprint density at radius 1 is 1.35 bits per heavy atom. The summed E-state index contributed by atoms with van der Waals surface area (Å²) in [5, 5.41) is 19.0. The number of carbonyl (C=O) groups excluding carboxylic acids is 2. The van der Waals surface area contributed by atoms with E-state index in [1.165, 1.54) is 23.1 Å². The van der Waals surface area contributed by atoms with Crippen LogP contribution in [0.2, 0.25) is 0 Å². The number of amides is 1. The third kappa shape index (κ3) is 3.54. The Kier molecular flexibility index (Phi) is 4.74. The van der Waals surface area contributed by atoms with Crippen LogP contribution in [0.3, 0.4) is 0 Å². The van der Waals surface area contributed by atoms with Gasteiger partial charge in [-0.25, -0.2) is 9.48 Å². The van der Waals surface area contributed by atoms with Gasteiger partial charge in [0.15, 0.2) is 0 Å². The topological polar surface area (TPSA) is 128 Å². The average Bonchev–Trinajstić information content (AvgIpc) is 3.06. The number of aliphatic carboxylic acids is 1. The van der Waals surface area contributed by atoms with Crippen LogP contribution in [0.5, 0.6) is 0 Å². The minimum atomic E-state index is -1.13. The fourth-order valence-electron chi connectivity index (χ4n) is 1.90. The van der Waals surface area contributed by atoms with E-state index in [1.54, 1.807) is 14.0 Å². The third-order valence-corrected chi connectivity index (χ3v) is 2.90. The predicted molar refractivity (Wildman–Crippen MR) is 77.0 cm³/mol. The number of aromatic nitrogens is 4. The first kappa shape index (κ1) is 16.2. The van der Waals surface area contributed by atoms with Gasteiger partial charge in [-0.05, 0) is 13.0 Å². The molecule has 0 fully saturated rings. The molecular formula is C13H15N5O5. The van der Waals surface area contributed by atoms with Crippen LogP contribution < -0.4 is 5.32 Å². The van der Waals surface area contributed by atoms with E-state index in [2.05, 4.69) is 15.5 Å². The Morgan fingerprint density at radius 2 is 2.09 bits per heavy atom. The van der Waals surface area contributed by atoms with Crippen molar-refractivity contribution in [2.45, 2.75) is 13.5 Å². The lowest BCUT2D eigenvalue weighted by molar-refractivity contribution is -0.137. The number of aryl methyl sites for hydroxylation is 1. The zero-order chi connectivity index (χ0) is 17.0. The second-order valence-electron chi connectivity index (χ2n) is 4.47. The van der Waals surface area contributed by atoms with Crippen LogP contribution in [0.25, 0.3) is 0 Å². The van der Waals surface area contributed by atoms with Gasteiger partial charge in [0.25, 0.3) is 5.91 Å². The van der Waals surface area contributed by atoms with Gasteiger partial charge in [0, 0.05) is 13.2 Å². The summed E-state index contributed by atoms with van der Waals surface area (Å²) in [6.45, 7) is 1.40. The number of nitrogens with one attached hydrogen (secondary N) is 1. The molecule has 0 saturated heterocycles. The summed E-state index contributed by atoms with van der Waals surface area (Å²) in [6.07, 6.45) is 2.59. The molecule has 2 rings (SSSR count). The highest BCUT2D eigenvalue weighted by atomic mass is 16.5. The molecule has 0 atom stereocenters. The number of rotatable bonds is 6. The van der Waals surface area contributed by atoms with Crippen molar-refractivity contribution in [3.8, 4) is 0 Å². The van der Waals surface area contributed by atoms with E-state index < -0.39 is 24.4 Å². The quantitative estimate of drug-likeness (QED) is 0.723. The van der Waals surface area contributed by atoms with E-state index in [0.29, 0.717) is 0 Å². The number of hydrogen-bond acceptors (Lipinski definition) is 6. The standard InChI is InChI=1S/C13H15N5O5/c1-3-23-13(22)8-6-15-17(2)11(8)16-12(21)9-4-5-14-18(9)7-10(19)20/h4-6H,3,7H2,1-2H3,(H,16,21)(H,19,20). The summed E-state index contributed by atoms with van der Waals surface area (Å²) < 4.78 is 7.24. The number of ether oxygens (including phenoxy) is 1. The van der Waals surface area contributed by atoms with Gasteiger partial charge in [0.2, 0.25) is 0 Å². The van der Waals surface area contributed by atoms with Gasteiger partial charge in [0.05, 0.1) is 12.8 Å². The summed E-state index contributed by atoms with van der Waals surface area (Å²) in [6, 6.07) is 1.37. The Labute approximate surface area is 130 Å². The van der Waals surface area contributed by atoms with Crippen LogP contribution in [-0.2, 0) is 23.1 Å². The van der Waals surface area contributed by atoms with Gasteiger partial charge in [0.1, 0.15) is 23.6 Å². The monoisotopic (exact) mass is 321 g/mol. The van der Waals surface area contributed by atoms with Crippen LogP contribution in [-0.4, -0.2) is 49.1 Å². The van der Waals surface area contributed by atoms with Gasteiger partial charge in [-0.3, -0.25) is 14.3 Å². The second kappa shape index (κ2) is 6.73. The molecular weight excluding hydrogens is 306 g/mol. The minimum Gasteiger partial charge on any atom is -0.480 e. The zero-order valence-corrected chi connectivity index (χ0v) is 12.5. The lowest BCUT2D eigenvalue weighted by Crippen LogP contribution is -2.22. The molecule has 0 aliphatic rings. The van der Waals surface area contributed by atoms with Crippen molar-refractivity contribution < 1.29 is 24.2 Å². The molecule has 0 spiro atoms. The van der Waals surface area contributed by atoms with Crippen molar-refractivity contribution in [3.63, 3.8) is 0 Å². The van der Waals surface area contributed by atoms with Crippen molar-refractivity contribution in [1.82, 2.24) is 19.6 Å². The minimum absolute atomic E-state index is 0.0448. The smallest absolute Gasteiger partial charge is 0.343 e. The van der Waals surface area contributed by atoms with Crippen LogP contribution in [0.15, 0.2) is 18.5 Å². The first-order valence-electron chi connectivity index (χ1n) is 6.68. The summed E-state index contributed by atoms with van der Waals surface area (Å²) in [5.74, 6) is -2.21. The third-order valence-electron chi connectivity index (χ3n) is 2.90. The SMILES string of the molecule is CCOC(=O)c1cnn(C)c1NC(=O)c1ccnn1CC(=O)O. The van der Waals surface area contributed by atoms with Gasteiger partial charge in [-0.1, -0.05) is 0 Å². The molecule has 1 amide bonds. The molecule has 0 aromatic carbocycles. The number of carboxylic acid groups (broad SMARTS) is 1. The number of anilines is 1. The molecule has 2 N–H and O–H groups in total. The molecule has 2 aromatic heterocycles. The predicted octanol–water partition coefficient (Wildman–Crippen LogP) is 0.130. The molecule has 23 heavy (non-hydrogen) atoms. The highest BCUT2D eigenvalue weighted by Crippen LogP contribution is 2.16. The van der Waals surface area contributed by atoms with Crippen molar-refractivity contribution in [1.29, 1.82) is 0 Å². The number of carbonyl (C=O) groups is 3. The average molecular weight is 321 g/mol. The van der Waals surface area contributed by atoms with Crippen LogP contribution in [0.4, 0.5) is 5.82 Å². The van der Waals surface area contributed by atoms with Gasteiger partial charge in [-0.15, -0.1) is 0 Å². The highest BCUT2D eigenvalue weighted by molar-refractivity contribution is 6.06. The number of nitrogens with zero attached hydrogens (tertiary/aromatic N) is 4. The molecule has 10 heteroatoms. The molecule has 0 bridgehead atoms. The Morgan fingerprint density at radius 3 is 2.74 bits per heavy atom. The van der Waals surface area contributed by atoms with E-state index in [4.69, 9.17) is 9.84 Å². The van der Waals surface area contributed by atoms with Crippen LogP contribution in [0, 0.1) is 0 Å². The van der Waals surface area contributed by atoms with Crippen molar-refractivity contribution >= 4 is 23.7 Å². The first-order valence-corrected chi connectivity index (χ1v) is 6.68. The molecule has 0 unspecified atom stereocenters. The number of carboxylic acids is 1. The second-order valence-corrected chi connectivity index (χ2v) is 4.47. The molecule has 0 aliphatic heterocycles. The maximum absolute atomic E-state index is 12.3. The lowest BCUT2D eigenvalue weighted by Gasteiger charge is -2.09. The maximum Gasteiger partial charge on any atom is 0.343 e. The van der Waals surface area contributed by atoms with E-state index in [9.17, 15) is 14.4 Å². The van der Waals surface area contributed by atoms with Crippen molar-refractivity contribution in [2.75, 3.05) is 11.9 Å². The van der Waals surface area contributed by atoms with Gasteiger partial charge in [-0.2, -0.15) is 10.2 Å². The molecule has 0 aliphatic carbocycles. The molecule has 122 valence electrons. The van der Waals surface area contributed by atoms with Crippen LogP contribution >= 0.6 is 0 Å². The fraction of sp³-hybridized carbons (Fsp3) is 0.308. The Balaban J connectivity index is 2.24. The Hall–Kier alpha value is -3.17. The first-order chi connectivity index (χ1) is 10.9. The summed E-state index contributed by atoms with van der Waals surface area (Å²) in [7, 11) is 1.55. The normalized spacial score (nSPS) is 10.3. The highest BCUT2D eigenvalue weighted by Gasteiger charge is 2.21. The summed E-state index contributed by atoms with van der Waals surface area (Å²) in [5.41, 5.74) is 0.149. The molecule has 2 aromatic rings. The van der Waals surface area contributed by atoms with E-state index in [0.717, 1.165) is 4.68 Å². The molecule has 10 nitrogen and oxygen atoms in total. The molecule has 0 saturated carbocycles. The van der Waals surface area contributed by atoms with E-state index >= 15 is 0 Å². The molecule has 0 radical (unpaired) electrons. The van der Waals surface area contributed by atoms with Crippen LogP contribution in [0.1, 0.15) is 27.8 Å². The molecule has 2 heterocycles. The number of hydrogen-bond donors (Lipinski definition) is 2. The van der Waals surface area contributed by atoms with Crippen molar-refractivity contribution in [2.24, 2.45) is 7.05 Å². The van der Waals surface area contributed by atoms with E-state index in [-0.39, 0.29) is 23.7 Å². The largest absolute Gasteiger partial charge is 0.480 e. The number of esters is 1.